The molecule has 0 spiro atoms. The van der Waals surface area contributed by atoms with E-state index in [1.54, 1.807) is 29.2 Å². The second kappa shape index (κ2) is 7.61. The van der Waals surface area contributed by atoms with E-state index in [1.807, 2.05) is 42.5 Å². The van der Waals surface area contributed by atoms with Crippen LogP contribution in [0.5, 0.6) is 0 Å². The zero-order valence-electron chi connectivity index (χ0n) is 14.5. The highest BCUT2D eigenvalue weighted by Gasteiger charge is 2.07. The fraction of sp³-hybridized carbons (Fsp3) is 0.0476. The maximum atomic E-state index is 12.3. The molecule has 1 N–H and O–H groups in total. The van der Waals surface area contributed by atoms with Crippen molar-refractivity contribution in [2.75, 3.05) is 5.32 Å². The molecular weight excluding hydrogens is 338 g/mol. The number of carbonyl (C=O) groups excluding carboxylic acids is 1. The molecule has 2 aromatic carbocycles. The van der Waals surface area contributed by atoms with Crippen LogP contribution in [0.25, 0.3) is 16.9 Å². The zero-order valence-corrected chi connectivity index (χ0v) is 14.5. The van der Waals surface area contributed by atoms with Gasteiger partial charge in [0.1, 0.15) is 12.1 Å². The standard InChI is InChI=1S/C21H17N5O/c27-21(25-19-14-20(23-15-22-19)26-12-4-11-24-26)13-16-7-9-18(10-8-16)17-5-2-1-3-6-17/h1-12,14-15H,13H2,(H,22,23,25,27). The zero-order chi connectivity index (χ0) is 18.5. The molecule has 27 heavy (non-hydrogen) atoms. The fourth-order valence-electron chi connectivity index (χ4n) is 2.76. The highest BCUT2D eigenvalue weighted by molar-refractivity contribution is 5.91. The van der Waals surface area contributed by atoms with Gasteiger partial charge in [-0.05, 0) is 22.8 Å². The van der Waals surface area contributed by atoms with E-state index in [0.29, 0.717) is 11.6 Å². The van der Waals surface area contributed by atoms with Crippen molar-refractivity contribution in [3.63, 3.8) is 0 Å². The number of nitrogens with zero attached hydrogens (tertiary/aromatic N) is 4. The maximum Gasteiger partial charge on any atom is 0.229 e. The van der Waals surface area contributed by atoms with Crippen molar-refractivity contribution in [2.45, 2.75) is 6.42 Å². The maximum absolute atomic E-state index is 12.3. The van der Waals surface area contributed by atoms with Gasteiger partial charge in [0, 0.05) is 18.5 Å². The molecule has 0 unspecified atom stereocenters. The second-order valence-electron chi connectivity index (χ2n) is 6.00. The molecule has 0 fully saturated rings. The molecule has 0 bridgehead atoms. The van der Waals surface area contributed by atoms with Crippen molar-refractivity contribution in [1.82, 2.24) is 19.7 Å². The molecule has 4 rings (SSSR count). The summed E-state index contributed by atoms with van der Waals surface area (Å²) < 4.78 is 1.61. The summed E-state index contributed by atoms with van der Waals surface area (Å²) in [4.78, 5) is 20.6. The second-order valence-corrected chi connectivity index (χ2v) is 6.00. The summed E-state index contributed by atoms with van der Waals surface area (Å²) in [6.07, 6.45) is 5.12. The minimum atomic E-state index is -0.132. The number of anilines is 1. The molecule has 0 radical (unpaired) electrons. The molecule has 0 aliphatic carbocycles. The van der Waals surface area contributed by atoms with Gasteiger partial charge in [0.25, 0.3) is 0 Å². The molecule has 132 valence electrons. The van der Waals surface area contributed by atoms with Crippen LogP contribution in [0.15, 0.2) is 85.5 Å². The number of benzene rings is 2. The molecule has 2 aromatic heterocycles. The van der Waals surface area contributed by atoms with Gasteiger partial charge in [-0.1, -0.05) is 54.6 Å². The van der Waals surface area contributed by atoms with Crippen LogP contribution in [0.1, 0.15) is 5.56 Å². The molecule has 0 aliphatic heterocycles. The van der Waals surface area contributed by atoms with Crippen LogP contribution in [0.4, 0.5) is 5.82 Å². The van der Waals surface area contributed by atoms with Gasteiger partial charge >= 0.3 is 0 Å². The molecule has 1 amide bonds. The smallest absolute Gasteiger partial charge is 0.229 e. The third kappa shape index (κ3) is 4.07. The third-order valence-corrected chi connectivity index (χ3v) is 4.09. The third-order valence-electron chi connectivity index (χ3n) is 4.09. The molecule has 0 saturated carbocycles. The van der Waals surface area contributed by atoms with Crippen LogP contribution >= 0.6 is 0 Å². The number of aromatic nitrogens is 4. The summed E-state index contributed by atoms with van der Waals surface area (Å²) in [6, 6.07) is 21.6. The number of amides is 1. The quantitative estimate of drug-likeness (QED) is 0.595. The Balaban J connectivity index is 1.42. The number of hydrogen-bond donors (Lipinski definition) is 1. The van der Waals surface area contributed by atoms with Crippen LogP contribution < -0.4 is 5.32 Å². The van der Waals surface area contributed by atoms with E-state index in [2.05, 4.69) is 32.5 Å². The first-order valence-electron chi connectivity index (χ1n) is 8.54. The lowest BCUT2D eigenvalue weighted by atomic mass is 10.0. The van der Waals surface area contributed by atoms with Gasteiger partial charge in [0.2, 0.25) is 5.91 Å². The highest BCUT2D eigenvalue weighted by Crippen LogP contribution is 2.19. The Hall–Kier alpha value is -3.80. The minimum Gasteiger partial charge on any atom is -0.310 e. The first kappa shape index (κ1) is 16.7. The molecule has 0 saturated heterocycles. The van der Waals surface area contributed by atoms with Crippen LogP contribution in [0.3, 0.4) is 0 Å². The topological polar surface area (TPSA) is 72.7 Å². The molecular formula is C21H17N5O. The summed E-state index contributed by atoms with van der Waals surface area (Å²) in [7, 11) is 0. The lowest BCUT2D eigenvalue weighted by Gasteiger charge is -2.07. The largest absolute Gasteiger partial charge is 0.310 e. The van der Waals surface area contributed by atoms with Crippen LogP contribution in [0, 0.1) is 0 Å². The molecule has 4 aromatic rings. The highest BCUT2D eigenvalue weighted by atomic mass is 16.1. The molecule has 0 atom stereocenters. The van der Waals surface area contributed by atoms with Gasteiger partial charge in [0.05, 0.1) is 6.42 Å². The van der Waals surface area contributed by atoms with E-state index in [0.717, 1.165) is 16.7 Å². The fourth-order valence-corrected chi connectivity index (χ4v) is 2.76. The van der Waals surface area contributed by atoms with Crippen LogP contribution in [-0.2, 0) is 11.2 Å². The number of nitrogens with one attached hydrogen (secondary N) is 1. The Morgan fingerprint density at radius 3 is 2.44 bits per heavy atom. The van der Waals surface area contributed by atoms with Gasteiger partial charge in [-0.15, -0.1) is 0 Å². The summed E-state index contributed by atoms with van der Waals surface area (Å²) in [6.45, 7) is 0. The van der Waals surface area contributed by atoms with E-state index in [1.165, 1.54) is 6.33 Å². The van der Waals surface area contributed by atoms with E-state index >= 15 is 0 Å². The average Bonchev–Trinajstić information content (AvgIpc) is 3.24. The van der Waals surface area contributed by atoms with E-state index in [-0.39, 0.29) is 12.3 Å². The van der Waals surface area contributed by atoms with Crippen molar-refractivity contribution in [3.05, 3.63) is 91.0 Å². The van der Waals surface area contributed by atoms with Crippen molar-refractivity contribution in [2.24, 2.45) is 0 Å². The van der Waals surface area contributed by atoms with Gasteiger partial charge in [-0.3, -0.25) is 4.79 Å². The molecule has 6 nitrogen and oxygen atoms in total. The summed E-state index contributed by atoms with van der Waals surface area (Å²) in [5.74, 6) is 0.909. The van der Waals surface area contributed by atoms with Crippen LogP contribution in [-0.4, -0.2) is 25.7 Å². The first-order valence-corrected chi connectivity index (χ1v) is 8.54. The Morgan fingerprint density at radius 2 is 1.70 bits per heavy atom. The Morgan fingerprint density at radius 1 is 0.926 bits per heavy atom. The molecule has 0 aliphatic rings. The van der Waals surface area contributed by atoms with E-state index in [4.69, 9.17) is 0 Å². The number of rotatable bonds is 5. The Kier molecular flexibility index (Phi) is 4.70. The lowest BCUT2D eigenvalue weighted by molar-refractivity contribution is -0.115. The average molecular weight is 355 g/mol. The molecule has 2 heterocycles. The summed E-state index contributed by atoms with van der Waals surface area (Å²) >= 11 is 0. The van der Waals surface area contributed by atoms with Crippen molar-refractivity contribution >= 4 is 11.7 Å². The Labute approximate surface area is 156 Å². The van der Waals surface area contributed by atoms with Crippen molar-refractivity contribution in [1.29, 1.82) is 0 Å². The number of hydrogen-bond acceptors (Lipinski definition) is 4. The van der Waals surface area contributed by atoms with Crippen LogP contribution in [0.2, 0.25) is 0 Å². The number of carbonyl (C=O) groups is 1. The normalized spacial score (nSPS) is 10.5. The lowest BCUT2D eigenvalue weighted by Crippen LogP contribution is -2.16. The van der Waals surface area contributed by atoms with Crippen molar-refractivity contribution in [3.8, 4) is 16.9 Å². The Bertz CT molecular complexity index is 1030. The van der Waals surface area contributed by atoms with E-state index < -0.39 is 0 Å². The van der Waals surface area contributed by atoms with Crippen molar-refractivity contribution < 1.29 is 4.79 Å². The van der Waals surface area contributed by atoms with Gasteiger partial charge in [-0.25, -0.2) is 14.6 Å². The molecule has 6 heteroatoms. The van der Waals surface area contributed by atoms with Gasteiger partial charge in [-0.2, -0.15) is 5.10 Å². The van der Waals surface area contributed by atoms with Gasteiger partial charge < -0.3 is 5.32 Å². The summed E-state index contributed by atoms with van der Waals surface area (Å²) in [5.41, 5.74) is 3.22. The van der Waals surface area contributed by atoms with Gasteiger partial charge in [0.15, 0.2) is 5.82 Å². The summed E-state index contributed by atoms with van der Waals surface area (Å²) in [5, 5.41) is 6.93. The first-order chi connectivity index (χ1) is 13.3. The predicted octanol–water partition coefficient (Wildman–Crippen LogP) is 3.51. The minimum absolute atomic E-state index is 0.132. The monoisotopic (exact) mass is 355 g/mol. The predicted molar refractivity (Wildman–Crippen MR) is 103 cm³/mol. The SMILES string of the molecule is O=C(Cc1ccc(-c2ccccc2)cc1)Nc1cc(-n2cccn2)ncn1. The van der Waals surface area contributed by atoms with E-state index in [9.17, 15) is 4.79 Å².